The van der Waals surface area contributed by atoms with Gasteiger partial charge in [-0.1, -0.05) is 47.5 Å². The van der Waals surface area contributed by atoms with Gasteiger partial charge in [0, 0.05) is 0 Å². The Kier molecular flexibility index (Phi) is 5.92. The molecule has 0 heterocycles. The van der Waals surface area contributed by atoms with Crippen molar-refractivity contribution in [2.75, 3.05) is 0 Å². The van der Waals surface area contributed by atoms with E-state index >= 15 is 0 Å². The van der Waals surface area contributed by atoms with E-state index in [1.165, 1.54) is 0 Å². The fourth-order valence-corrected chi connectivity index (χ4v) is 2.31. The molecule has 2 heteroatoms. The van der Waals surface area contributed by atoms with E-state index in [9.17, 15) is 9.90 Å². The van der Waals surface area contributed by atoms with Crippen LogP contribution in [0.3, 0.4) is 0 Å². The van der Waals surface area contributed by atoms with Crippen LogP contribution in [0.4, 0.5) is 0 Å². The highest BCUT2D eigenvalue weighted by molar-refractivity contribution is 5.70. The summed E-state index contributed by atoms with van der Waals surface area (Å²) in [4.78, 5) is 11.2. The minimum Gasteiger partial charge on any atom is -0.481 e. The van der Waals surface area contributed by atoms with Gasteiger partial charge in [-0.2, -0.15) is 0 Å². The number of hydrogen-bond donors (Lipinski definition) is 1. The van der Waals surface area contributed by atoms with Crippen LogP contribution in [0.25, 0.3) is 0 Å². The summed E-state index contributed by atoms with van der Waals surface area (Å²) < 4.78 is 0. The van der Waals surface area contributed by atoms with Gasteiger partial charge < -0.3 is 5.11 Å². The van der Waals surface area contributed by atoms with Crippen LogP contribution in [0.1, 0.15) is 60.3 Å². The average molecular weight is 214 g/mol. The van der Waals surface area contributed by atoms with Gasteiger partial charge >= 0.3 is 5.97 Å². The van der Waals surface area contributed by atoms with E-state index < -0.39 is 5.97 Å². The predicted octanol–water partition coefficient (Wildman–Crippen LogP) is 3.95. The van der Waals surface area contributed by atoms with Gasteiger partial charge in [0.25, 0.3) is 0 Å². The highest BCUT2D eigenvalue weighted by Crippen LogP contribution is 2.38. The lowest BCUT2D eigenvalue weighted by molar-refractivity contribution is -0.145. The quantitative estimate of drug-likeness (QED) is 0.696. The van der Waals surface area contributed by atoms with E-state index in [1.807, 2.05) is 0 Å². The van der Waals surface area contributed by atoms with Gasteiger partial charge in [-0.25, -0.2) is 0 Å². The Hall–Kier alpha value is -0.530. The molecule has 90 valence electrons. The van der Waals surface area contributed by atoms with Crippen molar-refractivity contribution in [3.8, 4) is 0 Å². The Morgan fingerprint density at radius 3 is 2.13 bits per heavy atom. The molecule has 0 bridgehead atoms. The molecule has 0 aliphatic heterocycles. The van der Waals surface area contributed by atoms with Crippen LogP contribution in [-0.4, -0.2) is 11.1 Å². The van der Waals surface area contributed by atoms with Crippen molar-refractivity contribution in [2.45, 2.75) is 60.3 Å². The minimum atomic E-state index is -0.631. The number of carboxylic acids is 1. The van der Waals surface area contributed by atoms with Crippen molar-refractivity contribution in [3.63, 3.8) is 0 Å². The highest BCUT2D eigenvalue weighted by Gasteiger charge is 2.34. The third-order valence-corrected chi connectivity index (χ3v) is 3.65. The standard InChI is InChI=1S/C13H26O2/c1-6-8-11(12(14)15)10(3)13(4,5)9-7-2/h10-11H,6-9H2,1-5H3,(H,14,15). The minimum absolute atomic E-state index is 0.132. The molecule has 0 saturated heterocycles. The third-order valence-electron chi connectivity index (χ3n) is 3.65. The molecular weight excluding hydrogens is 188 g/mol. The maximum absolute atomic E-state index is 11.2. The molecule has 0 radical (unpaired) electrons. The van der Waals surface area contributed by atoms with Crippen molar-refractivity contribution >= 4 is 5.97 Å². The first kappa shape index (κ1) is 14.5. The Morgan fingerprint density at radius 2 is 1.80 bits per heavy atom. The van der Waals surface area contributed by atoms with Crippen molar-refractivity contribution in [3.05, 3.63) is 0 Å². The highest BCUT2D eigenvalue weighted by atomic mass is 16.4. The van der Waals surface area contributed by atoms with Crippen molar-refractivity contribution in [1.29, 1.82) is 0 Å². The Bertz CT molecular complexity index is 197. The largest absolute Gasteiger partial charge is 0.481 e. The lowest BCUT2D eigenvalue weighted by Crippen LogP contribution is -2.33. The van der Waals surface area contributed by atoms with Crippen molar-refractivity contribution in [1.82, 2.24) is 0 Å². The van der Waals surface area contributed by atoms with E-state index in [2.05, 4.69) is 34.6 Å². The maximum Gasteiger partial charge on any atom is 0.306 e. The van der Waals surface area contributed by atoms with Gasteiger partial charge in [0.05, 0.1) is 5.92 Å². The lowest BCUT2D eigenvalue weighted by Gasteiger charge is -2.35. The maximum atomic E-state index is 11.2. The van der Waals surface area contributed by atoms with Crippen LogP contribution in [0, 0.1) is 17.3 Å². The SMILES string of the molecule is CCCC(C(=O)O)C(C)C(C)(C)CCC. The molecule has 0 aliphatic rings. The summed E-state index contributed by atoms with van der Waals surface area (Å²) in [6.45, 7) is 10.7. The Labute approximate surface area is 94.1 Å². The van der Waals surface area contributed by atoms with Gasteiger partial charge in [0.15, 0.2) is 0 Å². The Balaban J connectivity index is 4.60. The molecule has 0 spiro atoms. The summed E-state index contributed by atoms with van der Waals surface area (Å²) in [5.41, 5.74) is 0.132. The first-order valence-corrected chi connectivity index (χ1v) is 6.09. The smallest absolute Gasteiger partial charge is 0.306 e. The summed E-state index contributed by atoms with van der Waals surface area (Å²) >= 11 is 0. The van der Waals surface area contributed by atoms with E-state index in [0.29, 0.717) is 0 Å². The molecule has 2 unspecified atom stereocenters. The summed E-state index contributed by atoms with van der Waals surface area (Å²) in [6, 6.07) is 0. The first-order valence-electron chi connectivity index (χ1n) is 6.09. The fourth-order valence-electron chi connectivity index (χ4n) is 2.31. The van der Waals surface area contributed by atoms with Gasteiger partial charge in [-0.15, -0.1) is 0 Å². The molecule has 2 atom stereocenters. The predicted molar refractivity (Wildman–Crippen MR) is 63.9 cm³/mol. The van der Waals surface area contributed by atoms with Crippen LogP contribution in [0.5, 0.6) is 0 Å². The molecule has 0 aromatic carbocycles. The molecule has 0 fully saturated rings. The summed E-state index contributed by atoms with van der Waals surface area (Å²) in [7, 11) is 0. The van der Waals surface area contributed by atoms with Gasteiger partial charge in [0.2, 0.25) is 0 Å². The van der Waals surface area contributed by atoms with Crippen LogP contribution in [0.15, 0.2) is 0 Å². The average Bonchev–Trinajstić information content (AvgIpc) is 2.12. The monoisotopic (exact) mass is 214 g/mol. The number of rotatable bonds is 7. The van der Waals surface area contributed by atoms with Crippen LogP contribution >= 0.6 is 0 Å². The van der Waals surface area contributed by atoms with E-state index in [0.717, 1.165) is 25.7 Å². The van der Waals surface area contributed by atoms with E-state index in [1.54, 1.807) is 0 Å². The number of carboxylic acid groups (broad SMARTS) is 1. The second-order valence-corrected chi connectivity index (χ2v) is 5.26. The Morgan fingerprint density at radius 1 is 1.27 bits per heavy atom. The number of hydrogen-bond acceptors (Lipinski definition) is 1. The third kappa shape index (κ3) is 4.23. The van der Waals surface area contributed by atoms with E-state index in [4.69, 9.17) is 0 Å². The molecule has 0 saturated carbocycles. The zero-order valence-electron chi connectivity index (χ0n) is 10.8. The molecule has 0 amide bonds. The summed E-state index contributed by atoms with van der Waals surface area (Å²) in [6.07, 6.45) is 3.96. The first-order chi connectivity index (χ1) is 6.86. The van der Waals surface area contributed by atoms with Gasteiger partial charge in [-0.05, 0) is 24.2 Å². The summed E-state index contributed by atoms with van der Waals surface area (Å²) in [5, 5.41) is 9.21. The van der Waals surface area contributed by atoms with E-state index in [-0.39, 0.29) is 17.3 Å². The molecular formula is C13H26O2. The number of aliphatic carboxylic acids is 1. The number of carbonyl (C=O) groups is 1. The molecule has 0 aromatic heterocycles. The lowest BCUT2D eigenvalue weighted by atomic mass is 9.69. The molecule has 0 rings (SSSR count). The normalized spacial score (nSPS) is 16.1. The van der Waals surface area contributed by atoms with Crippen LogP contribution in [0.2, 0.25) is 0 Å². The zero-order chi connectivity index (χ0) is 12.1. The second-order valence-electron chi connectivity index (χ2n) is 5.26. The molecule has 0 aliphatic carbocycles. The molecule has 15 heavy (non-hydrogen) atoms. The van der Waals surface area contributed by atoms with Crippen molar-refractivity contribution < 1.29 is 9.90 Å². The van der Waals surface area contributed by atoms with Crippen LogP contribution < -0.4 is 0 Å². The van der Waals surface area contributed by atoms with Gasteiger partial charge in [-0.3, -0.25) is 4.79 Å². The molecule has 2 nitrogen and oxygen atoms in total. The molecule has 0 aromatic rings. The summed E-state index contributed by atoms with van der Waals surface area (Å²) in [5.74, 6) is -0.569. The second kappa shape index (κ2) is 6.14. The van der Waals surface area contributed by atoms with Crippen LogP contribution in [-0.2, 0) is 4.79 Å². The zero-order valence-corrected chi connectivity index (χ0v) is 10.8. The van der Waals surface area contributed by atoms with Gasteiger partial charge in [0.1, 0.15) is 0 Å². The topological polar surface area (TPSA) is 37.3 Å². The fraction of sp³-hybridized carbons (Fsp3) is 0.923. The van der Waals surface area contributed by atoms with Crippen molar-refractivity contribution in [2.24, 2.45) is 17.3 Å². The molecule has 1 N–H and O–H groups in total.